The average molecular weight is 404 g/mol. The van der Waals surface area contributed by atoms with Gasteiger partial charge in [0.1, 0.15) is 11.5 Å². The predicted molar refractivity (Wildman–Crippen MR) is 116 cm³/mol. The van der Waals surface area contributed by atoms with Gasteiger partial charge in [0, 0.05) is 18.5 Å². The third kappa shape index (κ3) is 3.32. The van der Waals surface area contributed by atoms with Crippen molar-refractivity contribution < 1.29 is 5.11 Å². The Labute approximate surface area is 172 Å². The zero-order valence-electron chi connectivity index (χ0n) is 15.9. The number of imidazole rings is 2. The van der Waals surface area contributed by atoms with Crippen molar-refractivity contribution in [2.75, 3.05) is 6.61 Å². The molecule has 0 fully saturated rings. The number of aliphatic hydroxyl groups is 1. The number of fused-ring (bicyclic) bond motifs is 2. The maximum absolute atomic E-state index is 9.20. The third-order valence-corrected chi connectivity index (χ3v) is 5.73. The van der Waals surface area contributed by atoms with Crippen LogP contribution in [0.15, 0.2) is 59.4 Å². The highest BCUT2D eigenvalue weighted by atomic mass is 32.1. The maximum Gasteiger partial charge on any atom is 0.161 e. The minimum atomic E-state index is 0.210. The minimum absolute atomic E-state index is 0.210. The van der Waals surface area contributed by atoms with Crippen LogP contribution in [0, 0.1) is 0 Å². The number of aliphatic hydroxyl groups excluding tert-OH is 1. The van der Waals surface area contributed by atoms with Gasteiger partial charge in [-0.05, 0) is 37.1 Å². The van der Waals surface area contributed by atoms with Crippen molar-refractivity contribution in [2.45, 2.75) is 25.9 Å². The van der Waals surface area contributed by atoms with Gasteiger partial charge in [0.05, 0.1) is 34.1 Å². The van der Waals surface area contributed by atoms with E-state index >= 15 is 0 Å². The first-order chi connectivity index (χ1) is 14.3. The van der Waals surface area contributed by atoms with Crippen LogP contribution in [-0.4, -0.2) is 35.8 Å². The van der Waals surface area contributed by atoms with Crippen LogP contribution in [-0.2, 0) is 13.1 Å². The van der Waals surface area contributed by atoms with Gasteiger partial charge in [-0.15, -0.1) is 11.3 Å². The summed E-state index contributed by atoms with van der Waals surface area (Å²) in [5, 5.41) is 11.2. The zero-order chi connectivity index (χ0) is 19.6. The Hall–Kier alpha value is -3.03. The smallest absolute Gasteiger partial charge is 0.161 e. The molecule has 0 atom stereocenters. The Bertz CT molecular complexity index is 1260. The summed E-state index contributed by atoms with van der Waals surface area (Å²) >= 11 is 1.57. The van der Waals surface area contributed by atoms with Gasteiger partial charge >= 0.3 is 0 Å². The molecular weight excluding hydrogens is 382 g/mol. The highest BCUT2D eigenvalue weighted by Gasteiger charge is 2.17. The van der Waals surface area contributed by atoms with Crippen LogP contribution in [0.5, 0.6) is 0 Å². The molecule has 0 aliphatic carbocycles. The Morgan fingerprint density at radius 1 is 0.862 bits per heavy atom. The second kappa shape index (κ2) is 7.77. The van der Waals surface area contributed by atoms with Crippen molar-refractivity contribution in [1.29, 1.82) is 0 Å². The molecule has 0 radical (unpaired) electrons. The number of unbranched alkanes of at least 4 members (excludes halogenated alkanes) is 1. The summed E-state index contributed by atoms with van der Waals surface area (Å²) in [6.07, 6.45) is 1.69. The number of hydrogen-bond donors (Lipinski definition) is 1. The van der Waals surface area contributed by atoms with Gasteiger partial charge in [0.15, 0.2) is 5.82 Å². The Balaban J connectivity index is 1.63. The van der Waals surface area contributed by atoms with E-state index in [2.05, 4.69) is 32.3 Å². The highest BCUT2D eigenvalue weighted by molar-refractivity contribution is 7.07. The molecule has 7 heteroatoms. The first kappa shape index (κ1) is 18.0. The van der Waals surface area contributed by atoms with E-state index in [9.17, 15) is 5.11 Å². The van der Waals surface area contributed by atoms with Gasteiger partial charge in [-0.2, -0.15) is 0 Å². The van der Waals surface area contributed by atoms with Gasteiger partial charge in [0.2, 0.25) is 0 Å². The van der Waals surface area contributed by atoms with Crippen LogP contribution < -0.4 is 0 Å². The molecule has 5 rings (SSSR count). The van der Waals surface area contributed by atoms with Crippen LogP contribution in [0.2, 0.25) is 0 Å². The van der Waals surface area contributed by atoms with Crippen LogP contribution in [0.3, 0.4) is 0 Å². The Morgan fingerprint density at radius 3 is 2.31 bits per heavy atom. The van der Waals surface area contributed by atoms with Gasteiger partial charge in [-0.25, -0.2) is 15.0 Å². The van der Waals surface area contributed by atoms with Crippen molar-refractivity contribution in [3.05, 3.63) is 65.2 Å². The largest absolute Gasteiger partial charge is 0.396 e. The second-order valence-corrected chi connectivity index (χ2v) is 7.70. The Kier molecular flexibility index (Phi) is 4.83. The summed E-state index contributed by atoms with van der Waals surface area (Å²) in [6, 6.07) is 16.4. The minimum Gasteiger partial charge on any atom is -0.396 e. The fourth-order valence-corrected chi connectivity index (χ4v) is 4.30. The summed E-state index contributed by atoms with van der Waals surface area (Å²) in [5.74, 6) is 1.85. The van der Waals surface area contributed by atoms with Gasteiger partial charge in [0.25, 0.3) is 0 Å². The van der Waals surface area contributed by atoms with Crippen molar-refractivity contribution in [3.8, 4) is 11.5 Å². The van der Waals surface area contributed by atoms with Crippen molar-refractivity contribution in [1.82, 2.24) is 24.1 Å². The molecule has 0 unspecified atom stereocenters. The lowest BCUT2D eigenvalue weighted by Crippen LogP contribution is -2.10. The fraction of sp³-hybridized carbons (Fsp3) is 0.227. The molecule has 0 aliphatic rings. The molecule has 0 bridgehead atoms. The second-order valence-electron chi connectivity index (χ2n) is 6.98. The Morgan fingerprint density at radius 2 is 1.59 bits per heavy atom. The summed E-state index contributed by atoms with van der Waals surface area (Å²) in [4.78, 5) is 14.3. The average Bonchev–Trinajstić information content (AvgIpc) is 3.47. The lowest BCUT2D eigenvalue weighted by Gasteiger charge is -2.12. The highest BCUT2D eigenvalue weighted by Crippen LogP contribution is 2.27. The summed E-state index contributed by atoms with van der Waals surface area (Å²) in [7, 11) is 0. The molecule has 3 heterocycles. The van der Waals surface area contributed by atoms with E-state index in [0.29, 0.717) is 6.54 Å². The molecular formula is C22H21N5OS. The maximum atomic E-state index is 9.20. The summed E-state index contributed by atoms with van der Waals surface area (Å²) in [6.45, 7) is 1.65. The van der Waals surface area contributed by atoms with E-state index in [1.165, 1.54) is 0 Å². The zero-order valence-corrected chi connectivity index (χ0v) is 16.7. The van der Waals surface area contributed by atoms with E-state index in [4.69, 9.17) is 9.97 Å². The number of thiazole rings is 1. The molecule has 2 aromatic carbocycles. The number of para-hydroxylation sites is 4. The molecule has 5 aromatic rings. The normalized spacial score (nSPS) is 11.6. The van der Waals surface area contributed by atoms with Gasteiger partial charge in [-0.3, -0.25) is 0 Å². The molecule has 146 valence electrons. The molecule has 1 N–H and O–H groups in total. The predicted octanol–water partition coefficient (Wildman–Crippen LogP) is 4.33. The number of hydrogen-bond acceptors (Lipinski definition) is 5. The van der Waals surface area contributed by atoms with Crippen LogP contribution in [0.4, 0.5) is 0 Å². The van der Waals surface area contributed by atoms with E-state index in [1.54, 1.807) is 11.3 Å². The number of aromatic nitrogens is 5. The number of aryl methyl sites for hydroxylation is 1. The van der Waals surface area contributed by atoms with Gasteiger partial charge in [-0.1, -0.05) is 24.3 Å². The lowest BCUT2D eigenvalue weighted by atomic mass is 10.3. The lowest BCUT2D eigenvalue weighted by molar-refractivity contribution is 0.281. The fourth-order valence-electron chi connectivity index (χ4n) is 3.77. The summed E-state index contributed by atoms with van der Waals surface area (Å²) in [5.41, 5.74) is 6.87. The van der Waals surface area contributed by atoms with E-state index in [1.807, 2.05) is 41.2 Å². The first-order valence-electron chi connectivity index (χ1n) is 9.74. The van der Waals surface area contributed by atoms with Crippen LogP contribution in [0.25, 0.3) is 33.6 Å². The number of nitrogens with zero attached hydrogens (tertiary/aromatic N) is 5. The van der Waals surface area contributed by atoms with E-state index in [0.717, 1.165) is 58.8 Å². The molecule has 3 aromatic heterocycles. The molecule has 0 saturated heterocycles. The monoisotopic (exact) mass is 403 g/mol. The summed E-state index contributed by atoms with van der Waals surface area (Å²) < 4.78 is 4.47. The van der Waals surface area contributed by atoms with E-state index < -0.39 is 0 Å². The van der Waals surface area contributed by atoms with Crippen LogP contribution >= 0.6 is 11.3 Å². The van der Waals surface area contributed by atoms with Gasteiger partial charge < -0.3 is 14.2 Å². The van der Waals surface area contributed by atoms with Crippen LogP contribution in [0.1, 0.15) is 18.7 Å². The molecule has 0 amide bonds. The van der Waals surface area contributed by atoms with Crippen molar-refractivity contribution in [2.24, 2.45) is 0 Å². The molecule has 0 saturated carbocycles. The van der Waals surface area contributed by atoms with E-state index in [-0.39, 0.29) is 6.61 Å². The number of benzene rings is 2. The molecule has 0 aliphatic heterocycles. The quantitative estimate of drug-likeness (QED) is 0.411. The first-order valence-corrected chi connectivity index (χ1v) is 10.7. The molecule has 0 spiro atoms. The SMILES string of the molecule is OCCCCn1c(Cn2c(-c3cscn3)nc3ccccc32)nc2ccccc21. The van der Waals surface area contributed by atoms with Crippen molar-refractivity contribution in [3.63, 3.8) is 0 Å². The number of rotatable bonds is 7. The topological polar surface area (TPSA) is 68.8 Å². The molecule has 29 heavy (non-hydrogen) atoms. The molecule has 6 nitrogen and oxygen atoms in total. The van der Waals surface area contributed by atoms with Crippen molar-refractivity contribution >= 4 is 33.4 Å². The third-order valence-electron chi connectivity index (χ3n) is 5.14. The standard InChI is InChI=1S/C22H21N5OS/c28-12-6-5-11-26-19-9-3-1-7-16(19)24-21(26)13-27-20-10-4-2-8-17(20)25-22(27)18-14-29-15-23-18/h1-4,7-10,14-15,28H,5-6,11-13H2.